The summed E-state index contributed by atoms with van der Waals surface area (Å²) < 4.78 is 2.15. The first-order valence-corrected chi connectivity index (χ1v) is 8.85. The molecule has 1 aromatic carbocycles. The number of thiocarbonyl (C=S) groups is 1. The third-order valence-electron chi connectivity index (χ3n) is 3.96. The fourth-order valence-corrected chi connectivity index (χ4v) is 3.97. The Kier molecular flexibility index (Phi) is 5.06. The van der Waals surface area contributed by atoms with Crippen molar-refractivity contribution < 1.29 is 14.7 Å². The average molecular weight is 372 g/mol. The highest BCUT2D eigenvalue weighted by atomic mass is 32.2. The van der Waals surface area contributed by atoms with Gasteiger partial charge in [-0.1, -0.05) is 54.3 Å². The minimum atomic E-state index is -1.07. The number of amides is 1. The molecule has 0 spiro atoms. The normalized spacial score (nSPS) is 17.3. The van der Waals surface area contributed by atoms with Gasteiger partial charge in [0, 0.05) is 25.4 Å². The van der Waals surface area contributed by atoms with Crippen molar-refractivity contribution in [3.63, 3.8) is 0 Å². The van der Waals surface area contributed by atoms with Gasteiger partial charge in [0.25, 0.3) is 5.91 Å². The van der Waals surface area contributed by atoms with Crippen LogP contribution in [0.5, 0.6) is 0 Å². The molecule has 0 unspecified atom stereocenters. The minimum absolute atomic E-state index is 0.208. The minimum Gasteiger partial charge on any atom is -0.480 e. The summed E-state index contributed by atoms with van der Waals surface area (Å²) in [5.74, 6) is -1.43. The van der Waals surface area contributed by atoms with Crippen LogP contribution in [0.25, 0.3) is 6.08 Å². The number of aromatic nitrogens is 1. The zero-order chi connectivity index (χ0) is 18.0. The van der Waals surface area contributed by atoms with Crippen LogP contribution < -0.4 is 0 Å². The zero-order valence-electron chi connectivity index (χ0n) is 13.5. The number of thioether (sulfide) groups is 1. The quantitative estimate of drug-likeness (QED) is 0.646. The molecule has 1 fully saturated rings. The van der Waals surface area contributed by atoms with Crippen LogP contribution in [0.2, 0.25) is 0 Å². The Balaban J connectivity index is 1.88. The van der Waals surface area contributed by atoms with E-state index >= 15 is 0 Å². The second kappa shape index (κ2) is 7.25. The molecule has 0 bridgehead atoms. The number of carbonyl (C=O) groups excluding carboxylic acids is 1. The van der Waals surface area contributed by atoms with E-state index in [2.05, 4.69) is 0 Å². The Morgan fingerprint density at radius 3 is 2.60 bits per heavy atom. The van der Waals surface area contributed by atoms with Gasteiger partial charge in [-0.15, -0.1) is 0 Å². The van der Waals surface area contributed by atoms with Gasteiger partial charge in [0.05, 0.1) is 4.91 Å². The number of rotatable bonds is 5. The molecule has 0 saturated carbocycles. The smallest absolute Gasteiger partial charge is 0.327 e. The van der Waals surface area contributed by atoms with Gasteiger partial charge in [0.2, 0.25) is 0 Å². The van der Waals surface area contributed by atoms with E-state index in [1.54, 1.807) is 6.08 Å². The fourth-order valence-electron chi connectivity index (χ4n) is 2.63. The van der Waals surface area contributed by atoms with Gasteiger partial charge in [0.15, 0.2) is 0 Å². The highest BCUT2D eigenvalue weighted by Gasteiger charge is 2.40. The van der Waals surface area contributed by atoms with Crippen LogP contribution in [0.15, 0.2) is 53.6 Å². The van der Waals surface area contributed by atoms with Crippen molar-refractivity contribution in [3.05, 3.63) is 64.8 Å². The molecular formula is C18H16N2O3S2. The molecule has 1 amide bonds. The van der Waals surface area contributed by atoms with E-state index in [-0.39, 0.29) is 16.6 Å². The molecule has 128 valence electrons. The van der Waals surface area contributed by atoms with E-state index in [9.17, 15) is 14.7 Å². The number of aliphatic carboxylic acids is 1. The van der Waals surface area contributed by atoms with Gasteiger partial charge in [0.1, 0.15) is 10.4 Å². The Morgan fingerprint density at radius 2 is 2.00 bits per heavy atom. The van der Waals surface area contributed by atoms with Crippen molar-refractivity contribution in [2.75, 3.05) is 0 Å². The molecule has 0 aliphatic carbocycles. The molecule has 3 rings (SSSR count). The maximum Gasteiger partial charge on any atom is 0.327 e. The maximum absolute atomic E-state index is 12.8. The second-order valence-electron chi connectivity index (χ2n) is 5.64. The highest BCUT2D eigenvalue weighted by molar-refractivity contribution is 8.26. The number of hydrogen-bond donors (Lipinski definition) is 1. The summed E-state index contributed by atoms with van der Waals surface area (Å²) in [5.41, 5.74) is 1.70. The molecule has 1 N–H and O–H groups in total. The lowest BCUT2D eigenvalue weighted by molar-refractivity contribution is -0.145. The van der Waals surface area contributed by atoms with Crippen molar-refractivity contribution in [1.82, 2.24) is 9.47 Å². The molecule has 1 aliphatic heterocycles. The molecule has 1 saturated heterocycles. The first-order valence-electron chi connectivity index (χ1n) is 7.62. The number of benzene rings is 1. The van der Waals surface area contributed by atoms with Crippen LogP contribution in [0.3, 0.4) is 0 Å². The first-order chi connectivity index (χ1) is 12.0. The lowest BCUT2D eigenvalue weighted by Crippen LogP contribution is -2.45. The molecule has 5 nitrogen and oxygen atoms in total. The molecular weight excluding hydrogens is 356 g/mol. The summed E-state index contributed by atoms with van der Waals surface area (Å²) in [4.78, 5) is 26.2. The van der Waals surface area contributed by atoms with Crippen LogP contribution in [0.4, 0.5) is 0 Å². The lowest BCUT2D eigenvalue weighted by atomic mass is 10.0. The second-order valence-corrected chi connectivity index (χ2v) is 7.32. The summed E-state index contributed by atoms with van der Waals surface area (Å²) in [5, 5.41) is 9.63. The van der Waals surface area contributed by atoms with Crippen LogP contribution in [-0.2, 0) is 23.1 Å². The molecule has 25 heavy (non-hydrogen) atoms. The van der Waals surface area contributed by atoms with Crippen LogP contribution >= 0.6 is 24.0 Å². The van der Waals surface area contributed by atoms with Crippen molar-refractivity contribution >= 4 is 46.3 Å². The van der Waals surface area contributed by atoms with Crippen molar-refractivity contribution in [2.45, 2.75) is 12.5 Å². The van der Waals surface area contributed by atoms with Crippen molar-refractivity contribution in [1.29, 1.82) is 0 Å². The van der Waals surface area contributed by atoms with Gasteiger partial charge in [-0.25, -0.2) is 4.79 Å². The molecule has 0 radical (unpaired) electrons. The van der Waals surface area contributed by atoms with Crippen LogP contribution in [-0.4, -0.2) is 36.8 Å². The summed E-state index contributed by atoms with van der Waals surface area (Å²) in [6, 6.07) is 12.0. The largest absolute Gasteiger partial charge is 0.480 e. The third-order valence-corrected chi connectivity index (χ3v) is 5.29. The predicted molar refractivity (Wildman–Crippen MR) is 102 cm³/mol. The first kappa shape index (κ1) is 17.4. The van der Waals surface area contributed by atoms with E-state index in [0.29, 0.717) is 4.91 Å². The zero-order valence-corrected chi connectivity index (χ0v) is 15.1. The van der Waals surface area contributed by atoms with E-state index in [1.165, 1.54) is 4.90 Å². The molecule has 1 atom stereocenters. The monoisotopic (exact) mass is 372 g/mol. The standard InChI is InChI=1S/C18H16N2O3S2/c1-19-9-5-8-13(19)11-15-16(21)20(18(24)25-15)14(17(22)23)10-12-6-3-2-4-7-12/h2-9,11,14H,10H2,1H3,(H,22,23)/b15-11+/t14-/m0/s1. The van der Waals surface area contributed by atoms with E-state index in [4.69, 9.17) is 12.2 Å². The Labute approximate surface area is 154 Å². The molecule has 2 heterocycles. The number of aryl methyl sites for hydroxylation is 1. The Bertz CT molecular complexity index is 858. The van der Waals surface area contributed by atoms with E-state index in [1.807, 2.05) is 60.3 Å². The van der Waals surface area contributed by atoms with Gasteiger partial charge >= 0.3 is 5.97 Å². The number of carboxylic acid groups (broad SMARTS) is 1. The van der Waals surface area contributed by atoms with Crippen molar-refractivity contribution in [3.8, 4) is 0 Å². The maximum atomic E-state index is 12.8. The molecule has 1 aliphatic rings. The van der Waals surface area contributed by atoms with E-state index < -0.39 is 12.0 Å². The van der Waals surface area contributed by atoms with Gasteiger partial charge in [-0.05, 0) is 23.8 Å². The number of hydrogen-bond acceptors (Lipinski definition) is 4. The highest BCUT2D eigenvalue weighted by Crippen LogP contribution is 2.34. The third kappa shape index (κ3) is 3.67. The summed E-state index contributed by atoms with van der Waals surface area (Å²) in [6.07, 6.45) is 3.82. The van der Waals surface area contributed by atoms with Gasteiger partial charge in [-0.2, -0.15) is 0 Å². The van der Waals surface area contributed by atoms with Crippen LogP contribution in [0.1, 0.15) is 11.3 Å². The Hall–Kier alpha value is -2.38. The van der Waals surface area contributed by atoms with E-state index in [0.717, 1.165) is 23.0 Å². The summed E-state index contributed by atoms with van der Waals surface area (Å²) in [6.45, 7) is 0. The lowest BCUT2D eigenvalue weighted by Gasteiger charge is -2.23. The van der Waals surface area contributed by atoms with Gasteiger partial charge in [-0.3, -0.25) is 9.69 Å². The number of nitrogens with zero attached hydrogens (tertiary/aromatic N) is 2. The SMILES string of the molecule is Cn1cccc1/C=C1/SC(=S)N([C@@H](Cc2ccccc2)C(=O)O)C1=O. The summed E-state index contributed by atoms with van der Waals surface area (Å²) >= 11 is 6.43. The molecule has 1 aromatic heterocycles. The summed E-state index contributed by atoms with van der Waals surface area (Å²) in [7, 11) is 1.88. The fraction of sp³-hybridized carbons (Fsp3) is 0.167. The number of carbonyl (C=O) groups is 2. The average Bonchev–Trinajstić information content (AvgIpc) is 3.10. The van der Waals surface area contributed by atoms with Crippen molar-refractivity contribution in [2.24, 2.45) is 7.05 Å². The predicted octanol–water partition coefficient (Wildman–Crippen LogP) is 2.92. The molecule has 2 aromatic rings. The van der Waals surface area contributed by atoms with Crippen LogP contribution in [0, 0.1) is 0 Å². The Morgan fingerprint density at radius 1 is 1.28 bits per heavy atom. The topological polar surface area (TPSA) is 62.5 Å². The number of carboxylic acids is 1. The molecule has 7 heteroatoms. The van der Waals surface area contributed by atoms with Gasteiger partial charge < -0.3 is 9.67 Å².